The van der Waals surface area contributed by atoms with Gasteiger partial charge in [-0.15, -0.1) is 0 Å². The molecule has 108 valence electrons. The van der Waals surface area contributed by atoms with Crippen LogP contribution in [0.5, 0.6) is 5.75 Å². The third kappa shape index (κ3) is 6.28. The predicted octanol–water partition coefficient (Wildman–Crippen LogP) is 5.28. The lowest BCUT2D eigenvalue weighted by Gasteiger charge is -2.12. The zero-order valence-corrected chi connectivity index (χ0v) is 14.9. The molecule has 0 aliphatic heterocycles. The SMILES string of the molecule is CCCCCCOc1c(Br)cc(CNCC)cc1Br. The molecule has 4 heteroatoms. The molecule has 0 saturated carbocycles. The molecule has 0 atom stereocenters. The number of hydrogen-bond acceptors (Lipinski definition) is 2. The van der Waals surface area contributed by atoms with Crippen molar-refractivity contribution < 1.29 is 4.74 Å². The van der Waals surface area contributed by atoms with E-state index in [9.17, 15) is 0 Å². The minimum absolute atomic E-state index is 0.782. The van der Waals surface area contributed by atoms with Gasteiger partial charge in [0.25, 0.3) is 0 Å². The van der Waals surface area contributed by atoms with Gasteiger partial charge in [-0.2, -0.15) is 0 Å². The van der Waals surface area contributed by atoms with Gasteiger partial charge in [0.1, 0.15) is 5.75 Å². The van der Waals surface area contributed by atoms with Gasteiger partial charge < -0.3 is 10.1 Å². The highest BCUT2D eigenvalue weighted by molar-refractivity contribution is 9.11. The van der Waals surface area contributed by atoms with Crippen molar-refractivity contribution in [2.75, 3.05) is 13.2 Å². The van der Waals surface area contributed by atoms with E-state index in [-0.39, 0.29) is 0 Å². The lowest BCUT2D eigenvalue weighted by Crippen LogP contribution is -2.11. The molecule has 0 aliphatic carbocycles. The largest absolute Gasteiger partial charge is 0.491 e. The van der Waals surface area contributed by atoms with Crippen LogP contribution in [0.4, 0.5) is 0 Å². The molecule has 1 aromatic rings. The Bertz CT molecular complexity index is 359. The maximum Gasteiger partial charge on any atom is 0.147 e. The highest BCUT2D eigenvalue weighted by Gasteiger charge is 2.08. The van der Waals surface area contributed by atoms with E-state index in [0.717, 1.165) is 40.8 Å². The second kappa shape index (κ2) is 9.78. The van der Waals surface area contributed by atoms with Crippen LogP contribution >= 0.6 is 31.9 Å². The third-order valence-corrected chi connectivity index (χ3v) is 4.06. The van der Waals surface area contributed by atoms with Crippen molar-refractivity contribution in [3.05, 3.63) is 26.6 Å². The summed E-state index contributed by atoms with van der Waals surface area (Å²) in [5.74, 6) is 0.914. The average molecular weight is 393 g/mol. The minimum atomic E-state index is 0.782. The number of benzene rings is 1. The standard InChI is InChI=1S/C15H23Br2NO/c1-3-5-6-7-8-19-15-13(16)9-12(10-14(15)17)11-18-4-2/h9-10,18H,3-8,11H2,1-2H3. The van der Waals surface area contributed by atoms with E-state index in [1.54, 1.807) is 0 Å². The van der Waals surface area contributed by atoms with Crippen molar-refractivity contribution in [1.29, 1.82) is 0 Å². The molecule has 0 saturated heterocycles. The summed E-state index contributed by atoms with van der Waals surface area (Å²) in [5, 5.41) is 3.32. The molecule has 0 aromatic heterocycles. The van der Waals surface area contributed by atoms with Crippen molar-refractivity contribution >= 4 is 31.9 Å². The van der Waals surface area contributed by atoms with Crippen LogP contribution in [0.15, 0.2) is 21.1 Å². The summed E-state index contributed by atoms with van der Waals surface area (Å²) in [6, 6.07) is 4.24. The molecule has 1 rings (SSSR count). The summed E-state index contributed by atoms with van der Waals surface area (Å²) < 4.78 is 7.90. The predicted molar refractivity (Wildman–Crippen MR) is 88.9 cm³/mol. The van der Waals surface area contributed by atoms with E-state index in [2.05, 4.69) is 63.2 Å². The van der Waals surface area contributed by atoms with E-state index in [4.69, 9.17) is 4.74 Å². The van der Waals surface area contributed by atoms with Crippen molar-refractivity contribution in [2.45, 2.75) is 46.1 Å². The van der Waals surface area contributed by atoms with Gasteiger partial charge in [-0.05, 0) is 62.5 Å². The Morgan fingerprint density at radius 2 is 1.74 bits per heavy atom. The van der Waals surface area contributed by atoms with E-state index >= 15 is 0 Å². The highest BCUT2D eigenvalue weighted by Crippen LogP contribution is 2.35. The van der Waals surface area contributed by atoms with Gasteiger partial charge in [0.05, 0.1) is 15.6 Å². The van der Waals surface area contributed by atoms with Crippen LogP contribution in [0.2, 0.25) is 0 Å². The van der Waals surface area contributed by atoms with E-state index in [0.29, 0.717) is 0 Å². The molecular weight excluding hydrogens is 370 g/mol. The van der Waals surface area contributed by atoms with Crippen molar-refractivity contribution in [3.8, 4) is 5.75 Å². The van der Waals surface area contributed by atoms with Crippen LogP contribution in [-0.4, -0.2) is 13.2 Å². The topological polar surface area (TPSA) is 21.3 Å². The van der Waals surface area contributed by atoms with Gasteiger partial charge in [0, 0.05) is 6.54 Å². The third-order valence-electron chi connectivity index (χ3n) is 2.88. The smallest absolute Gasteiger partial charge is 0.147 e. The lowest BCUT2D eigenvalue weighted by atomic mass is 10.2. The summed E-state index contributed by atoms with van der Waals surface area (Å²) in [5.41, 5.74) is 1.25. The summed E-state index contributed by atoms with van der Waals surface area (Å²) in [4.78, 5) is 0. The molecular formula is C15H23Br2NO. The second-order valence-electron chi connectivity index (χ2n) is 4.58. The first-order valence-electron chi connectivity index (χ1n) is 7.00. The molecule has 2 nitrogen and oxygen atoms in total. The number of halogens is 2. The van der Waals surface area contributed by atoms with Gasteiger partial charge in [-0.25, -0.2) is 0 Å². The zero-order chi connectivity index (χ0) is 14.1. The maximum atomic E-state index is 5.86. The van der Waals surface area contributed by atoms with Crippen LogP contribution in [0.1, 0.15) is 45.1 Å². The van der Waals surface area contributed by atoms with Gasteiger partial charge in [-0.1, -0.05) is 33.1 Å². The summed E-state index contributed by atoms with van der Waals surface area (Å²) in [6.07, 6.45) is 4.90. The van der Waals surface area contributed by atoms with Gasteiger partial charge in [0.2, 0.25) is 0 Å². The molecule has 0 aliphatic rings. The minimum Gasteiger partial charge on any atom is -0.491 e. The molecule has 0 fully saturated rings. The first-order chi connectivity index (χ1) is 9.19. The molecule has 0 heterocycles. The number of nitrogens with one attached hydrogen (secondary N) is 1. The molecule has 1 aromatic carbocycles. The highest BCUT2D eigenvalue weighted by atomic mass is 79.9. The molecule has 1 N–H and O–H groups in total. The Hall–Kier alpha value is -0.0600. The quantitative estimate of drug-likeness (QED) is 0.577. The Kier molecular flexibility index (Phi) is 8.75. The first-order valence-corrected chi connectivity index (χ1v) is 8.59. The fourth-order valence-electron chi connectivity index (χ4n) is 1.82. The Balaban J connectivity index is 2.53. The van der Waals surface area contributed by atoms with Crippen molar-refractivity contribution in [1.82, 2.24) is 5.32 Å². The zero-order valence-electron chi connectivity index (χ0n) is 11.8. The van der Waals surface area contributed by atoms with Gasteiger partial charge in [0.15, 0.2) is 0 Å². The number of ether oxygens (including phenoxy) is 1. The Labute approximate surface area is 133 Å². The summed E-state index contributed by atoms with van der Waals surface area (Å²) in [6.45, 7) is 6.97. The van der Waals surface area contributed by atoms with Gasteiger partial charge in [-0.3, -0.25) is 0 Å². The Morgan fingerprint density at radius 1 is 1.05 bits per heavy atom. The summed E-state index contributed by atoms with van der Waals surface area (Å²) in [7, 11) is 0. The molecule has 19 heavy (non-hydrogen) atoms. The number of rotatable bonds is 9. The van der Waals surface area contributed by atoms with Crippen LogP contribution in [-0.2, 0) is 6.54 Å². The van der Waals surface area contributed by atoms with E-state index in [1.807, 2.05) is 0 Å². The van der Waals surface area contributed by atoms with Crippen LogP contribution in [0.25, 0.3) is 0 Å². The number of unbranched alkanes of at least 4 members (excludes halogenated alkanes) is 3. The molecule has 0 bridgehead atoms. The maximum absolute atomic E-state index is 5.86. The van der Waals surface area contributed by atoms with Crippen molar-refractivity contribution in [3.63, 3.8) is 0 Å². The van der Waals surface area contributed by atoms with Crippen molar-refractivity contribution in [2.24, 2.45) is 0 Å². The van der Waals surface area contributed by atoms with Crippen LogP contribution in [0.3, 0.4) is 0 Å². The fraction of sp³-hybridized carbons (Fsp3) is 0.600. The van der Waals surface area contributed by atoms with Crippen LogP contribution in [0, 0.1) is 0 Å². The molecule has 0 amide bonds. The average Bonchev–Trinajstić information content (AvgIpc) is 2.38. The second-order valence-corrected chi connectivity index (χ2v) is 6.29. The monoisotopic (exact) mass is 391 g/mol. The van der Waals surface area contributed by atoms with E-state index in [1.165, 1.54) is 24.8 Å². The fourth-order valence-corrected chi connectivity index (χ4v) is 3.33. The summed E-state index contributed by atoms with van der Waals surface area (Å²) >= 11 is 7.18. The molecule has 0 spiro atoms. The number of hydrogen-bond donors (Lipinski definition) is 1. The molecule has 0 radical (unpaired) electrons. The normalized spacial score (nSPS) is 10.7. The first kappa shape index (κ1) is 17.0. The molecule has 0 unspecified atom stereocenters. The Morgan fingerprint density at radius 3 is 2.32 bits per heavy atom. The van der Waals surface area contributed by atoms with Gasteiger partial charge >= 0.3 is 0 Å². The lowest BCUT2D eigenvalue weighted by molar-refractivity contribution is 0.301. The van der Waals surface area contributed by atoms with Crippen LogP contribution < -0.4 is 10.1 Å². The van der Waals surface area contributed by atoms with E-state index < -0.39 is 0 Å².